The molecule has 1 fully saturated rings. The molecule has 1 aliphatic rings. The number of nitrogens with one attached hydrogen (secondary N) is 1. The second-order valence-corrected chi connectivity index (χ2v) is 4.74. The van der Waals surface area contributed by atoms with Gasteiger partial charge in [0.05, 0.1) is 5.75 Å². The van der Waals surface area contributed by atoms with Gasteiger partial charge in [-0.2, -0.15) is 0 Å². The van der Waals surface area contributed by atoms with E-state index in [-0.39, 0.29) is 0 Å². The number of hydrogen-bond acceptors (Lipinski definition) is 2. The Morgan fingerprint density at radius 3 is 2.73 bits per heavy atom. The van der Waals surface area contributed by atoms with Gasteiger partial charge in [0.15, 0.2) is 0 Å². The molecule has 1 aromatic carbocycles. The zero-order valence-corrected chi connectivity index (χ0v) is 9.52. The van der Waals surface area contributed by atoms with Crippen LogP contribution in [0.1, 0.15) is 5.56 Å². The van der Waals surface area contributed by atoms with Gasteiger partial charge < -0.3 is 5.32 Å². The Hall–Kier alpha value is -0.910. The third-order valence-electron chi connectivity index (χ3n) is 2.40. The largest absolute Gasteiger partial charge is 0.316 e. The maximum Gasteiger partial charge on any atom is 0.0551 e. The lowest BCUT2D eigenvalue weighted by Gasteiger charge is -2.26. The maximum atomic E-state index is 3.28. The Morgan fingerprint density at radius 1 is 1.27 bits per heavy atom. The van der Waals surface area contributed by atoms with Crippen molar-refractivity contribution in [2.75, 3.05) is 24.6 Å². The summed E-state index contributed by atoms with van der Waals surface area (Å²) in [5, 5.41) is 3.28. The molecule has 0 aromatic heterocycles. The van der Waals surface area contributed by atoms with Crippen LogP contribution < -0.4 is 5.32 Å². The monoisotopic (exact) mass is 217 g/mol. The van der Waals surface area contributed by atoms with Crippen LogP contribution in [-0.2, 0) is 0 Å². The summed E-state index contributed by atoms with van der Waals surface area (Å²) in [4.78, 5) is 0. The molecular weight excluding hydrogens is 202 g/mol. The number of benzene rings is 1. The Morgan fingerprint density at radius 2 is 2.07 bits per heavy atom. The first-order valence-electron chi connectivity index (χ1n) is 5.27. The summed E-state index contributed by atoms with van der Waals surface area (Å²) in [6, 6.07) is 10.2. The van der Waals surface area contributed by atoms with Gasteiger partial charge in [0, 0.05) is 5.56 Å². The molecule has 2 heteroatoms. The molecule has 0 bridgehead atoms. The fourth-order valence-electron chi connectivity index (χ4n) is 1.40. The van der Waals surface area contributed by atoms with Gasteiger partial charge in [-0.05, 0) is 36.9 Å². The highest BCUT2D eigenvalue weighted by molar-refractivity contribution is 7.99. The molecule has 0 radical (unpaired) electrons. The molecule has 78 valence electrons. The summed E-state index contributed by atoms with van der Waals surface area (Å²) in [5.74, 6) is 9.44. The third-order valence-corrected chi connectivity index (χ3v) is 3.46. The Bertz CT molecular complexity index is 346. The maximum absolute atomic E-state index is 3.28. The quantitative estimate of drug-likeness (QED) is 0.614. The molecule has 0 aliphatic carbocycles. The SMILES string of the molecule is C(#Cc1ccccc1)CSCC1CNC1. The Balaban J connectivity index is 1.66. The topological polar surface area (TPSA) is 12.0 Å². The predicted octanol–water partition coefficient (Wildman–Crippen LogP) is 1.99. The predicted molar refractivity (Wildman–Crippen MR) is 67.0 cm³/mol. The van der Waals surface area contributed by atoms with Crippen LogP contribution in [0.2, 0.25) is 0 Å². The first-order chi connectivity index (χ1) is 7.45. The van der Waals surface area contributed by atoms with Crippen LogP contribution in [0.15, 0.2) is 30.3 Å². The van der Waals surface area contributed by atoms with Gasteiger partial charge in [0.1, 0.15) is 0 Å². The fourth-order valence-corrected chi connectivity index (χ4v) is 2.26. The summed E-state index contributed by atoms with van der Waals surface area (Å²) in [7, 11) is 0. The minimum absolute atomic E-state index is 0.883. The summed E-state index contributed by atoms with van der Waals surface area (Å²) in [6.45, 7) is 2.39. The summed E-state index contributed by atoms with van der Waals surface area (Å²) in [5.41, 5.74) is 1.11. The molecule has 1 N–H and O–H groups in total. The molecule has 2 rings (SSSR count). The number of rotatable bonds is 3. The lowest BCUT2D eigenvalue weighted by Crippen LogP contribution is -2.43. The molecule has 1 saturated heterocycles. The third kappa shape index (κ3) is 3.62. The molecule has 0 atom stereocenters. The summed E-state index contributed by atoms with van der Waals surface area (Å²) in [6.07, 6.45) is 0. The lowest BCUT2D eigenvalue weighted by atomic mass is 10.1. The molecule has 0 unspecified atom stereocenters. The van der Waals surface area contributed by atoms with E-state index < -0.39 is 0 Å². The second-order valence-electron chi connectivity index (χ2n) is 3.71. The van der Waals surface area contributed by atoms with Crippen molar-refractivity contribution in [3.63, 3.8) is 0 Å². The zero-order valence-electron chi connectivity index (χ0n) is 8.70. The van der Waals surface area contributed by atoms with Crippen molar-refractivity contribution in [3.8, 4) is 11.8 Å². The van der Waals surface area contributed by atoms with Crippen LogP contribution in [0.25, 0.3) is 0 Å². The fraction of sp³-hybridized carbons (Fsp3) is 0.385. The first-order valence-corrected chi connectivity index (χ1v) is 6.43. The van der Waals surface area contributed by atoms with E-state index in [0.717, 1.165) is 17.2 Å². The van der Waals surface area contributed by atoms with Gasteiger partial charge in [0.2, 0.25) is 0 Å². The average Bonchev–Trinajstić information content (AvgIpc) is 2.22. The lowest BCUT2D eigenvalue weighted by molar-refractivity contribution is 0.385. The van der Waals surface area contributed by atoms with Gasteiger partial charge in [-0.3, -0.25) is 0 Å². The average molecular weight is 217 g/mol. The van der Waals surface area contributed by atoms with Crippen LogP contribution in [0.4, 0.5) is 0 Å². The van der Waals surface area contributed by atoms with Gasteiger partial charge >= 0.3 is 0 Å². The van der Waals surface area contributed by atoms with Crippen LogP contribution in [0.3, 0.4) is 0 Å². The Labute approximate surface area is 95.7 Å². The van der Waals surface area contributed by atoms with Crippen molar-refractivity contribution >= 4 is 11.8 Å². The van der Waals surface area contributed by atoms with E-state index in [4.69, 9.17) is 0 Å². The molecule has 0 saturated carbocycles. The van der Waals surface area contributed by atoms with E-state index in [1.165, 1.54) is 18.8 Å². The highest BCUT2D eigenvalue weighted by Crippen LogP contribution is 2.11. The van der Waals surface area contributed by atoms with E-state index in [2.05, 4.69) is 17.2 Å². The molecule has 1 nitrogen and oxygen atoms in total. The van der Waals surface area contributed by atoms with Crippen molar-refractivity contribution in [1.29, 1.82) is 0 Å². The highest BCUT2D eigenvalue weighted by atomic mass is 32.2. The van der Waals surface area contributed by atoms with Crippen LogP contribution in [0.5, 0.6) is 0 Å². The molecule has 1 aromatic rings. The van der Waals surface area contributed by atoms with Gasteiger partial charge in [-0.15, -0.1) is 11.8 Å². The molecule has 0 spiro atoms. The molecule has 1 aliphatic heterocycles. The standard InChI is InChI=1S/C13H15NS/c1-2-5-12(6-3-1)7-4-8-15-11-13-9-14-10-13/h1-3,5-6,13-14H,8-11H2. The summed E-state index contributed by atoms with van der Waals surface area (Å²) < 4.78 is 0. The Kier molecular flexibility index (Phi) is 4.13. The molecule has 15 heavy (non-hydrogen) atoms. The summed E-state index contributed by atoms with van der Waals surface area (Å²) >= 11 is 1.94. The molecular formula is C13H15NS. The van der Waals surface area contributed by atoms with E-state index >= 15 is 0 Å². The first kappa shape index (κ1) is 10.6. The van der Waals surface area contributed by atoms with E-state index in [0.29, 0.717) is 0 Å². The van der Waals surface area contributed by atoms with Crippen LogP contribution in [0, 0.1) is 17.8 Å². The number of thioether (sulfide) groups is 1. The number of hydrogen-bond donors (Lipinski definition) is 1. The second kappa shape index (κ2) is 5.85. The van der Waals surface area contributed by atoms with E-state index in [1.807, 2.05) is 42.1 Å². The van der Waals surface area contributed by atoms with Crippen LogP contribution in [-0.4, -0.2) is 24.6 Å². The highest BCUT2D eigenvalue weighted by Gasteiger charge is 2.15. The van der Waals surface area contributed by atoms with Gasteiger partial charge in [0.25, 0.3) is 0 Å². The van der Waals surface area contributed by atoms with Crippen LogP contribution >= 0.6 is 11.8 Å². The van der Waals surface area contributed by atoms with Crippen molar-refractivity contribution in [1.82, 2.24) is 5.32 Å². The van der Waals surface area contributed by atoms with E-state index in [9.17, 15) is 0 Å². The van der Waals surface area contributed by atoms with Gasteiger partial charge in [-0.1, -0.05) is 30.0 Å². The smallest absolute Gasteiger partial charge is 0.0551 e. The minimum atomic E-state index is 0.883. The minimum Gasteiger partial charge on any atom is -0.316 e. The van der Waals surface area contributed by atoms with Crippen molar-refractivity contribution in [3.05, 3.63) is 35.9 Å². The van der Waals surface area contributed by atoms with Crippen molar-refractivity contribution in [2.24, 2.45) is 5.92 Å². The van der Waals surface area contributed by atoms with Crippen molar-refractivity contribution in [2.45, 2.75) is 0 Å². The molecule has 1 heterocycles. The van der Waals surface area contributed by atoms with Crippen molar-refractivity contribution < 1.29 is 0 Å². The van der Waals surface area contributed by atoms with E-state index in [1.54, 1.807) is 0 Å². The van der Waals surface area contributed by atoms with Gasteiger partial charge in [-0.25, -0.2) is 0 Å². The zero-order chi connectivity index (χ0) is 10.3. The molecule has 0 amide bonds. The normalized spacial score (nSPS) is 15.2.